The maximum Gasteiger partial charge on any atom is 0.138 e. The molecule has 2 N–H and O–H groups in total. The topological polar surface area (TPSA) is 48.2 Å². The average molecular weight is 177 g/mol. The molecule has 0 unspecified atom stereocenters. The first-order chi connectivity index (χ1) is 6.19. The molecular formula is C10H15N3. The lowest BCUT2D eigenvalue weighted by Crippen LogP contribution is -2.19. The minimum Gasteiger partial charge on any atom is -0.343 e. The fourth-order valence-corrected chi connectivity index (χ4v) is 1.18. The van der Waals surface area contributed by atoms with Crippen LogP contribution in [0.5, 0.6) is 0 Å². The first kappa shape index (κ1) is 9.71. The molecule has 0 aromatic rings. The standard InChI is InChI=1S/C10H15N3/c1-4-8-5-9(7(2)3)13-10(8)12-6-11/h4-7H,1-3H3,(H2,11,12,13)/b8-4-. The van der Waals surface area contributed by atoms with E-state index in [-0.39, 0.29) is 0 Å². The van der Waals surface area contributed by atoms with E-state index in [4.69, 9.17) is 5.41 Å². The molecule has 3 nitrogen and oxygen atoms in total. The van der Waals surface area contributed by atoms with Gasteiger partial charge in [-0.1, -0.05) is 19.9 Å². The molecule has 1 aliphatic rings. The normalized spacial score (nSPS) is 22.3. The Balaban J connectivity index is 2.92. The predicted molar refractivity (Wildman–Crippen MR) is 56.0 cm³/mol. The van der Waals surface area contributed by atoms with E-state index in [2.05, 4.69) is 30.2 Å². The lowest BCUT2D eigenvalue weighted by atomic mass is 10.1. The number of aliphatic imine (C=N–C) groups is 1. The molecule has 0 saturated carbocycles. The van der Waals surface area contributed by atoms with Gasteiger partial charge in [-0.15, -0.1) is 0 Å². The SMILES string of the molecule is C/C=C1/C=C(C(C)C)N/C1=N/C=N. The molecule has 0 aromatic heterocycles. The van der Waals surface area contributed by atoms with Gasteiger partial charge in [0.05, 0.1) is 0 Å². The monoisotopic (exact) mass is 177 g/mol. The number of rotatable bonds is 2. The number of nitrogens with zero attached hydrogens (tertiary/aromatic N) is 1. The van der Waals surface area contributed by atoms with Crippen LogP contribution in [0.25, 0.3) is 0 Å². The summed E-state index contributed by atoms with van der Waals surface area (Å²) in [5, 5.41) is 10.1. The van der Waals surface area contributed by atoms with Crippen LogP contribution in [0.3, 0.4) is 0 Å². The van der Waals surface area contributed by atoms with E-state index in [1.165, 1.54) is 0 Å². The first-order valence-corrected chi connectivity index (χ1v) is 4.41. The van der Waals surface area contributed by atoms with Gasteiger partial charge in [0, 0.05) is 11.3 Å². The Bertz CT molecular complexity index is 295. The quantitative estimate of drug-likeness (QED) is 0.492. The van der Waals surface area contributed by atoms with E-state index < -0.39 is 0 Å². The van der Waals surface area contributed by atoms with Crippen molar-refractivity contribution in [3.63, 3.8) is 0 Å². The van der Waals surface area contributed by atoms with Gasteiger partial charge in [-0.3, -0.25) is 5.41 Å². The molecule has 0 atom stereocenters. The summed E-state index contributed by atoms with van der Waals surface area (Å²) in [6, 6.07) is 0. The van der Waals surface area contributed by atoms with Crippen LogP contribution in [-0.4, -0.2) is 12.2 Å². The summed E-state index contributed by atoms with van der Waals surface area (Å²) in [6.07, 6.45) is 5.13. The summed E-state index contributed by atoms with van der Waals surface area (Å²) in [7, 11) is 0. The van der Waals surface area contributed by atoms with Gasteiger partial charge >= 0.3 is 0 Å². The molecule has 0 aliphatic carbocycles. The van der Waals surface area contributed by atoms with Crippen LogP contribution in [0.1, 0.15) is 20.8 Å². The van der Waals surface area contributed by atoms with E-state index in [0.717, 1.165) is 23.4 Å². The van der Waals surface area contributed by atoms with Crippen LogP contribution < -0.4 is 5.32 Å². The van der Waals surface area contributed by atoms with Gasteiger partial charge in [-0.2, -0.15) is 0 Å². The van der Waals surface area contributed by atoms with E-state index >= 15 is 0 Å². The Morgan fingerprint density at radius 2 is 2.23 bits per heavy atom. The van der Waals surface area contributed by atoms with Crippen molar-refractivity contribution >= 4 is 12.2 Å². The van der Waals surface area contributed by atoms with Gasteiger partial charge in [0.2, 0.25) is 0 Å². The first-order valence-electron chi connectivity index (χ1n) is 4.41. The highest BCUT2D eigenvalue weighted by Gasteiger charge is 2.16. The molecule has 0 amide bonds. The van der Waals surface area contributed by atoms with Crippen LogP contribution in [0, 0.1) is 11.3 Å². The molecule has 3 heteroatoms. The average Bonchev–Trinajstić information content (AvgIpc) is 2.48. The molecular weight excluding hydrogens is 162 g/mol. The van der Waals surface area contributed by atoms with Gasteiger partial charge < -0.3 is 5.32 Å². The van der Waals surface area contributed by atoms with Crippen LogP contribution in [-0.2, 0) is 0 Å². The summed E-state index contributed by atoms with van der Waals surface area (Å²) >= 11 is 0. The number of hydrogen-bond donors (Lipinski definition) is 2. The van der Waals surface area contributed by atoms with Gasteiger partial charge in [0.25, 0.3) is 0 Å². The predicted octanol–water partition coefficient (Wildman–Crippen LogP) is 2.08. The minimum absolute atomic E-state index is 0.466. The second kappa shape index (κ2) is 4.03. The Labute approximate surface area is 78.8 Å². The largest absolute Gasteiger partial charge is 0.343 e. The Kier molecular flexibility index (Phi) is 3.01. The van der Waals surface area contributed by atoms with Crippen molar-refractivity contribution < 1.29 is 0 Å². The minimum atomic E-state index is 0.466. The van der Waals surface area contributed by atoms with Crippen molar-refractivity contribution in [3.05, 3.63) is 23.4 Å². The number of allylic oxidation sites excluding steroid dienone is 2. The molecule has 1 aliphatic heterocycles. The molecule has 1 rings (SSSR count). The maximum atomic E-state index is 6.90. The zero-order chi connectivity index (χ0) is 9.84. The summed E-state index contributed by atoms with van der Waals surface area (Å²) in [4.78, 5) is 3.94. The fourth-order valence-electron chi connectivity index (χ4n) is 1.18. The van der Waals surface area contributed by atoms with Gasteiger partial charge in [0.15, 0.2) is 0 Å². The van der Waals surface area contributed by atoms with Crippen molar-refractivity contribution in [2.24, 2.45) is 10.9 Å². The molecule has 0 aromatic carbocycles. The molecule has 13 heavy (non-hydrogen) atoms. The van der Waals surface area contributed by atoms with Gasteiger partial charge in [-0.05, 0) is 18.9 Å². The van der Waals surface area contributed by atoms with Crippen molar-refractivity contribution in [1.82, 2.24) is 5.32 Å². The summed E-state index contributed by atoms with van der Waals surface area (Å²) in [5.74, 6) is 1.24. The summed E-state index contributed by atoms with van der Waals surface area (Å²) in [6.45, 7) is 6.22. The van der Waals surface area contributed by atoms with E-state index in [9.17, 15) is 0 Å². The van der Waals surface area contributed by atoms with Crippen LogP contribution in [0.15, 0.2) is 28.4 Å². The number of amidine groups is 1. The van der Waals surface area contributed by atoms with Crippen molar-refractivity contribution in [2.75, 3.05) is 0 Å². The van der Waals surface area contributed by atoms with Crippen molar-refractivity contribution in [3.8, 4) is 0 Å². The summed E-state index contributed by atoms with van der Waals surface area (Å²) in [5.41, 5.74) is 2.22. The molecule has 0 fully saturated rings. The lowest BCUT2D eigenvalue weighted by molar-refractivity contribution is 0.734. The van der Waals surface area contributed by atoms with Gasteiger partial charge in [-0.25, -0.2) is 4.99 Å². The third kappa shape index (κ3) is 2.05. The molecule has 70 valence electrons. The van der Waals surface area contributed by atoms with Crippen LogP contribution in [0.2, 0.25) is 0 Å². The lowest BCUT2D eigenvalue weighted by Gasteiger charge is -2.06. The number of nitrogens with one attached hydrogen (secondary N) is 2. The molecule has 1 heterocycles. The van der Waals surface area contributed by atoms with E-state index in [0.29, 0.717) is 5.92 Å². The van der Waals surface area contributed by atoms with Crippen molar-refractivity contribution in [2.45, 2.75) is 20.8 Å². The Hall–Kier alpha value is -1.38. The second-order valence-corrected chi connectivity index (χ2v) is 3.23. The zero-order valence-electron chi connectivity index (χ0n) is 8.26. The third-order valence-corrected chi connectivity index (χ3v) is 1.97. The van der Waals surface area contributed by atoms with Crippen LogP contribution in [0.4, 0.5) is 0 Å². The highest BCUT2D eigenvalue weighted by Crippen LogP contribution is 2.17. The smallest absolute Gasteiger partial charge is 0.138 e. The fraction of sp³-hybridized carbons (Fsp3) is 0.400. The second-order valence-electron chi connectivity index (χ2n) is 3.23. The van der Waals surface area contributed by atoms with Crippen molar-refractivity contribution in [1.29, 1.82) is 5.41 Å². The third-order valence-electron chi connectivity index (χ3n) is 1.97. The zero-order valence-corrected chi connectivity index (χ0v) is 8.26. The number of hydrogen-bond acceptors (Lipinski definition) is 1. The highest BCUT2D eigenvalue weighted by atomic mass is 15.0. The van der Waals surface area contributed by atoms with Gasteiger partial charge in [0.1, 0.15) is 12.2 Å². The highest BCUT2D eigenvalue weighted by molar-refractivity contribution is 6.07. The Morgan fingerprint density at radius 3 is 2.69 bits per heavy atom. The molecule has 0 radical (unpaired) electrons. The molecule has 0 spiro atoms. The van der Waals surface area contributed by atoms with E-state index in [1.54, 1.807) is 0 Å². The van der Waals surface area contributed by atoms with Crippen LogP contribution >= 0.6 is 0 Å². The van der Waals surface area contributed by atoms with E-state index in [1.807, 2.05) is 13.0 Å². The molecule has 0 bridgehead atoms. The summed E-state index contributed by atoms with van der Waals surface area (Å²) < 4.78 is 0. The maximum absolute atomic E-state index is 6.90. The molecule has 0 saturated heterocycles. The Morgan fingerprint density at radius 1 is 1.54 bits per heavy atom.